The molecule has 1 aliphatic heterocycles. The Bertz CT molecular complexity index is 304. The first-order valence-electron chi connectivity index (χ1n) is 4.04. The first-order valence-corrected chi connectivity index (χ1v) is 5.27. The molecule has 13 heavy (non-hydrogen) atoms. The highest BCUT2D eigenvalue weighted by atomic mass is 32.2. The highest BCUT2D eigenvalue weighted by Gasteiger charge is 2.12. The highest BCUT2D eigenvalue weighted by Crippen LogP contribution is 2.32. The Hall–Kier alpha value is -0.870. The monoisotopic (exact) mass is 197 g/mol. The lowest BCUT2D eigenvalue weighted by atomic mass is 10.2. The molecule has 70 valence electrons. The molecule has 4 heteroatoms. The minimum atomic E-state index is 0.342. The molecule has 3 nitrogen and oxygen atoms in total. The van der Waals surface area contributed by atoms with Crippen LogP contribution in [0.1, 0.15) is 5.56 Å². The van der Waals surface area contributed by atoms with E-state index in [2.05, 4.69) is 4.72 Å². The van der Waals surface area contributed by atoms with Crippen molar-refractivity contribution in [2.45, 2.75) is 6.54 Å². The molecule has 2 rings (SSSR count). The Labute approximate surface area is 81.6 Å². The second-order valence-electron chi connectivity index (χ2n) is 2.71. The average Bonchev–Trinajstić information content (AvgIpc) is 2.61. The van der Waals surface area contributed by atoms with Gasteiger partial charge in [0.2, 0.25) is 6.79 Å². The molecule has 0 aliphatic carbocycles. The summed E-state index contributed by atoms with van der Waals surface area (Å²) in [6.07, 6.45) is 2.01. The number of ether oxygens (including phenoxy) is 2. The van der Waals surface area contributed by atoms with Crippen LogP contribution in [0, 0.1) is 0 Å². The van der Waals surface area contributed by atoms with E-state index in [1.807, 2.05) is 24.5 Å². The topological polar surface area (TPSA) is 30.5 Å². The van der Waals surface area contributed by atoms with Crippen molar-refractivity contribution in [3.05, 3.63) is 23.8 Å². The second-order valence-corrected chi connectivity index (χ2v) is 3.41. The quantitative estimate of drug-likeness (QED) is 0.748. The molecular weight excluding hydrogens is 186 g/mol. The molecule has 0 atom stereocenters. The van der Waals surface area contributed by atoms with E-state index < -0.39 is 0 Å². The van der Waals surface area contributed by atoms with Crippen molar-refractivity contribution < 1.29 is 9.47 Å². The molecule has 1 aromatic carbocycles. The maximum absolute atomic E-state index is 5.26. The van der Waals surface area contributed by atoms with Crippen LogP contribution in [0.2, 0.25) is 0 Å². The molecular formula is C9H11NO2S. The lowest BCUT2D eigenvalue weighted by Gasteiger charge is -2.02. The molecule has 1 N–H and O–H groups in total. The van der Waals surface area contributed by atoms with E-state index in [4.69, 9.17) is 9.47 Å². The zero-order valence-electron chi connectivity index (χ0n) is 7.37. The fourth-order valence-corrected chi connectivity index (χ4v) is 1.52. The average molecular weight is 197 g/mol. The molecule has 0 aromatic heterocycles. The summed E-state index contributed by atoms with van der Waals surface area (Å²) >= 11 is 1.61. The molecule has 0 fully saturated rings. The standard InChI is InChI=1S/C9H11NO2S/c1-13-10-5-7-2-3-8-9(4-7)12-6-11-8/h2-4,10H,5-6H2,1H3. The smallest absolute Gasteiger partial charge is 0.231 e. The van der Waals surface area contributed by atoms with Gasteiger partial charge in [0.15, 0.2) is 11.5 Å². The van der Waals surface area contributed by atoms with E-state index in [0.29, 0.717) is 6.79 Å². The Balaban J connectivity index is 2.12. The Morgan fingerprint density at radius 3 is 3.08 bits per heavy atom. The summed E-state index contributed by atoms with van der Waals surface area (Å²) in [6.45, 7) is 1.19. The van der Waals surface area contributed by atoms with Crippen molar-refractivity contribution in [3.63, 3.8) is 0 Å². The normalized spacial score (nSPS) is 13.3. The third kappa shape index (κ3) is 1.89. The van der Waals surface area contributed by atoms with Gasteiger partial charge in [-0.1, -0.05) is 18.0 Å². The third-order valence-electron chi connectivity index (χ3n) is 1.86. The van der Waals surface area contributed by atoms with Gasteiger partial charge in [0.1, 0.15) is 0 Å². The highest BCUT2D eigenvalue weighted by molar-refractivity contribution is 7.96. The van der Waals surface area contributed by atoms with Crippen LogP contribution in [0.15, 0.2) is 18.2 Å². The summed E-state index contributed by atoms with van der Waals surface area (Å²) in [5, 5.41) is 0. The van der Waals surface area contributed by atoms with Gasteiger partial charge in [-0.05, 0) is 24.0 Å². The zero-order valence-corrected chi connectivity index (χ0v) is 8.19. The predicted molar refractivity (Wildman–Crippen MR) is 52.9 cm³/mol. The molecule has 0 spiro atoms. The predicted octanol–water partition coefficient (Wildman–Crippen LogP) is 1.78. The number of benzene rings is 1. The lowest BCUT2D eigenvalue weighted by molar-refractivity contribution is 0.174. The van der Waals surface area contributed by atoms with Crippen LogP contribution in [0.5, 0.6) is 11.5 Å². The van der Waals surface area contributed by atoms with Gasteiger partial charge in [-0.25, -0.2) is 0 Å². The van der Waals surface area contributed by atoms with Gasteiger partial charge in [-0.15, -0.1) is 0 Å². The van der Waals surface area contributed by atoms with Crippen molar-refractivity contribution in [2.24, 2.45) is 0 Å². The minimum Gasteiger partial charge on any atom is -0.454 e. The molecule has 1 heterocycles. The second kappa shape index (κ2) is 3.89. The number of fused-ring (bicyclic) bond motifs is 1. The number of hydrogen-bond donors (Lipinski definition) is 1. The van der Waals surface area contributed by atoms with Crippen LogP contribution in [0.3, 0.4) is 0 Å². The van der Waals surface area contributed by atoms with E-state index in [9.17, 15) is 0 Å². The number of rotatable bonds is 3. The van der Waals surface area contributed by atoms with E-state index in [0.717, 1.165) is 18.0 Å². The molecule has 1 aliphatic rings. The molecule has 0 saturated heterocycles. The van der Waals surface area contributed by atoms with Crippen molar-refractivity contribution in [2.75, 3.05) is 13.0 Å². The van der Waals surface area contributed by atoms with Crippen LogP contribution in [-0.2, 0) is 6.54 Å². The number of hydrogen-bond acceptors (Lipinski definition) is 4. The SMILES string of the molecule is CSNCc1ccc2c(c1)OCO2. The fourth-order valence-electron chi connectivity index (χ4n) is 1.21. The maximum atomic E-state index is 5.26. The maximum Gasteiger partial charge on any atom is 0.231 e. The molecule has 1 aromatic rings. The van der Waals surface area contributed by atoms with Gasteiger partial charge >= 0.3 is 0 Å². The van der Waals surface area contributed by atoms with E-state index in [-0.39, 0.29) is 0 Å². The Kier molecular flexibility index (Phi) is 2.61. The van der Waals surface area contributed by atoms with Crippen LogP contribution in [0.25, 0.3) is 0 Å². The Morgan fingerprint density at radius 1 is 1.38 bits per heavy atom. The van der Waals surface area contributed by atoms with Gasteiger partial charge in [0.25, 0.3) is 0 Å². The van der Waals surface area contributed by atoms with E-state index >= 15 is 0 Å². The van der Waals surface area contributed by atoms with E-state index in [1.54, 1.807) is 11.9 Å². The molecule has 0 unspecified atom stereocenters. The molecule has 0 amide bonds. The summed E-state index contributed by atoms with van der Waals surface area (Å²) in [6, 6.07) is 5.99. The first kappa shape index (κ1) is 8.72. The number of nitrogens with one attached hydrogen (secondary N) is 1. The third-order valence-corrected chi connectivity index (χ3v) is 2.29. The summed E-state index contributed by atoms with van der Waals surface area (Å²) in [5.74, 6) is 1.69. The van der Waals surface area contributed by atoms with Crippen molar-refractivity contribution in [3.8, 4) is 11.5 Å². The van der Waals surface area contributed by atoms with Crippen molar-refractivity contribution >= 4 is 11.9 Å². The van der Waals surface area contributed by atoms with Crippen LogP contribution < -0.4 is 14.2 Å². The van der Waals surface area contributed by atoms with Crippen LogP contribution in [0.4, 0.5) is 0 Å². The largest absolute Gasteiger partial charge is 0.454 e. The van der Waals surface area contributed by atoms with Crippen molar-refractivity contribution in [1.82, 2.24) is 4.72 Å². The van der Waals surface area contributed by atoms with E-state index in [1.165, 1.54) is 5.56 Å². The summed E-state index contributed by atoms with van der Waals surface area (Å²) in [4.78, 5) is 0. The van der Waals surface area contributed by atoms with Crippen molar-refractivity contribution in [1.29, 1.82) is 0 Å². The summed E-state index contributed by atoms with van der Waals surface area (Å²) < 4.78 is 13.6. The van der Waals surface area contributed by atoms with Gasteiger partial charge in [0, 0.05) is 6.54 Å². The Morgan fingerprint density at radius 2 is 2.23 bits per heavy atom. The summed E-state index contributed by atoms with van der Waals surface area (Å²) in [7, 11) is 0. The fraction of sp³-hybridized carbons (Fsp3) is 0.333. The molecule has 0 saturated carbocycles. The van der Waals surface area contributed by atoms with Crippen LogP contribution in [-0.4, -0.2) is 13.0 Å². The van der Waals surface area contributed by atoms with Gasteiger partial charge < -0.3 is 9.47 Å². The first-order chi connectivity index (χ1) is 6.40. The zero-order chi connectivity index (χ0) is 9.10. The van der Waals surface area contributed by atoms with Gasteiger partial charge in [0.05, 0.1) is 0 Å². The van der Waals surface area contributed by atoms with Crippen LogP contribution >= 0.6 is 11.9 Å². The van der Waals surface area contributed by atoms with Gasteiger partial charge in [-0.3, -0.25) is 4.72 Å². The molecule has 0 bridgehead atoms. The van der Waals surface area contributed by atoms with Gasteiger partial charge in [-0.2, -0.15) is 0 Å². The molecule has 0 radical (unpaired) electrons. The summed E-state index contributed by atoms with van der Waals surface area (Å²) in [5.41, 5.74) is 1.21. The lowest BCUT2D eigenvalue weighted by Crippen LogP contribution is -2.01. The minimum absolute atomic E-state index is 0.342.